The fraction of sp³-hybridized carbons (Fsp3) is 0.217. The summed E-state index contributed by atoms with van der Waals surface area (Å²) in [5.74, 6) is 1.65. The van der Waals surface area contributed by atoms with E-state index >= 15 is 0 Å². The molecule has 0 bridgehead atoms. The van der Waals surface area contributed by atoms with Crippen LogP contribution in [-0.2, 0) is 6.61 Å². The number of hydrogen-bond acceptors (Lipinski definition) is 4. The van der Waals surface area contributed by atoms with E-state index in [9.17, 15) is 4.79 Å². The third kappa shape index (κ3) is 4.87. The van der Waals surface area contributed by atoms with Crippen molar-refractivity contribution < 1.29 is 9.53 Å². The van der Waals surface area contributed by atoms with E-state index < -0.39 is 0 Å². The number of nitrogens with zero attached hydrogens (tertiary/aromatic N) is 3. The molecule has 0 spiro atoms. The van der Waals surface area contributed by atoms with E-state index in [1.54, 1.807) is 12.3 Å². The van der Waals surface area contributed by atoms with Crippen molar-refractivity contribution >= 4 is 23.3 Å². The highest BCUT2D eigenvalue weighted by Gasteiger charge is 2.23. The zero-order valence-corrected chi connectivity index (χ0v) is 16.8. The second kappa shape index (κ2) is 8.97. The predicted octanol–water partition coefficient (Wildman–Crippen LogP) is 4.28. The minimum Gasteiger partial charge on any atom is -0.489 e. The topological polar surface area (TPSA) is 45.7 Å². The molecule has 0 atom stereocenters. The fourth-order valence-electron chi connectivity index (χ4n) is 3.37. The van der Waals surface area contributed by atoms with Crippen LogP contribution in [0.2, 0.25) is 5.02 Å². The van der Waals surface area contributed by atoms with Crippen LogP contribution in [0, 0.1) is 0 Å². The lowest BCUT2D eigenvalue weighted by Gasteiger charge is -2.35. The van der Waals surface area contributed by atoms with Gasteiger partial charge in [-0.3, -0.25) is 4.79 Å². The number of pyridine rings is 1. The number of rotatable bonds is 5. The normalized spacial score (nSPS) is 14.0. The molecule has 3 aromatic rings. The monoisotopic (exact) mass is 407 g/mol. The smallest absolute Gasteiger partial charge is 0.254 e. The molecule has 4 rings (SSSR count). The van der Waals surface area contributed by atoms with Crippen LogP contribution in [0.15, 0.2) is 72.9 Å². The highest BCUT2D eigenvalue weighted by molar-refractivity contribution is 6.30. The van der Waals surface area contributed by atoms with Gasteiger partial charge in [-0.05, 0) is 48.0 Å². The van der Waals surface area contributed by atoms with Crippen LogP contribution in [-0.4, -0.2) is 42.0 Å². The highest BCUT2D eigenvalue weighted by Crippen LogP contribution is 2.19. The maximum Gasteiger partial charge on any atom is 0.254 e. The zero-order chi connectivity index (χ0) is 20.1. The van der Waals surface area contributed by atoms with Gasteiger partial charge < -0.3 is 14.5 Å². The maximum atomic E-state index is 12.9. The van der Waals surface area contributed by atoms with Gasteiger partial charge in [-0.15, -0.1) is 0 Å². The molecule has 1 aromatic heterocycles. The van der Waals surface area contributed by atoms with E-state index in [1.807, 2.05) is 65.6 Å². The molecule has 5 nitrogen and oxygen atoms in total. The summed E-state index contributed by atoms with van der Waals surface area (Å²) < 4.78 is 5.85. The average molecular weight is 408 g/mol. The molecular weight excluding hydrogens is 386 g/mol. The standard InChI is InChI=1S/C23H22ClN3O2/c24-20-7-3-5-18(15-20)17-29-21-8-4-6-19(16-21)23(28)27-13-11-26(12-14-27)22-9-1-2-10-25-22/h1-10,15-16H,11-14,17H2. The summed E-state index contributed by atoms with van der Waals surface area (Å²) in [6.07, 6.45) is 1.79. The van der Waals surface area contributed by atoms with Crippen molar-refractivity contribution in [2.24, 2.45) is 0 Å². The van der Waals surface area contributed by atoms with Crippen molar-refractivity contribution in [1.82, 2.24) is 9.88 Å². The highest BCUT2D eigenvalue weighted by atomic mass is 35.5. The Labute approximate surface area is 175 Å². The predicted molar refractivity (Wildman–Crippen MR) is 115 cm³/mol. The number of hydrogen-bond donors (Lipinski definition) is 0. The number of ether oxygens (including phenoxy) is 1. The molecule has 29 heavy (non-hydrogen) atoms. The van der Waals surface area contributed by atoms with Gasteiger partial charge in [0.2, 0.25) is 0 Å². The summed E-state index contributed by atoms with van der Waals surface area (Å²) in [5, 5.41) is 0.680. The van der Waals surface area contributed by atoms with Gasteiger partial charge in [-0.2, -0.15) is 0 Å². The van der Waals surface area contributed by atoms with E-state index in [0.29, 0.717) is 36.0 Å². The molecule has 1 aliphatic rings. The number of amides is 1. The molecule has 0 unspecified atom stereocenters. The van der Waals surface area contributed by atoms with E-state index in [2.05, 4.69) is 9.88 Å². The molecule has 0 saturated carbocycles. The van der Waals surface area contributed by atoms with Gasteiger partial charge in [0, 0.05) is 43.0 Å². The molecule has 0 radical (unpaired) electrons. The van der Waals surface area contributed by atoms with Crippen molar-refractivity contribution in [3.63, 3.8) is 0 Å². The number of aromatic nitrogens is 1. The Morgan fingerprint density at radius 3 is 2.55 bits per heavy atom. The summed E-state index contributed by atoms with van der Waals surface area (Å²) in [6, 6.07) is 20.8. The average Bonchev–Trinajstić information content (AvgIpc) is 2.78. The first-order chi connectivity index (χ1) is 14.2. The Hall–Kier alpha value is -3.05. The minimum absolute atomic E-state index is 0.0267. The van der Waals surface area contributed by atoms with Gasteiger partial charge in [0.1, 0.15) is 18.2 Å². The zero-order valence-electron chi connectivity index (χ0n) is 16.0. The lowest BCUT2D eigenvalue weighted by atomic mass is 10.1. The van der Waals surface area contributed by atoms with E-state index in [-0.39, 0.29) is 5.91 Å². The Morgan fingerprint density at radius 1 is 0.966 bits per heavy atom. The lowest BCUT2D eigenvalue weighted by molar-refractivity contribution is 0.0746. The number of carbonyl (C=O) groups is 1. The largest absolute Gasteiger partial charge is 0.489 e. The second-order valence-electron chi connectivity index (χ2n) is 6.91. The van der Waals surface area contributed by atoms with Crippen molar-refractivity contribution in [3.05, 3.63) is 89.1 Å². The van der Waals surface area contributed by atoms with Crippen molar-refractivity contribution in [2.75, 3.05) is 31.1 Å². The Balaban J connectivity index is 1.36. The van der Waals surface area contributed by atoms with E-state index in [4.69, 9.17) is 16.3 Å². The van der Waals surface area contributed by atoms with Gasteiger partial charge in [0.15, 0.2) is 0 Å². The number of piperazine rings is 1. The van der Waals surface area contributed by atoms with Gasteiger partial charge in [0.05, 0.1) is 0 Å². The van der Waals surface area contributed by atoms with Crippen molar-refractivity contribution in [2.45, 2.75) is 6.61 Å². The molecule has 148 valence electrons. The Bertz CT molecular complexity index is 973. The SMILES string of the molecule is O=C(c1cccc(OCc2cccc(Cl)c2)c1)N1CCN(c2ccccn2)CC1. The first-order valence-corrected chi connectivity index (χ1v) is 9.99. The first-order valence-electron chi connectivity index (χ1n) is 9.61. The first kappa shape index (κ1) is 19.3. The molecule has 6 heteroatoms. The second-order valence-corrected chi connectivity index (χ2v) is 7.35. The number of anilines is 1. The summed E-state index contributed by atoms with van der Waals surface area (Å²) in [6.45, 7) is 3.29. The molecule has 1 saturated heterocycles. The minimum atomic E-state index is 0.0267. The van der Waals surface area contributed by atoms with Gasteiger partial charge >= 0.3 is 0 Å². The van der Waals surface area contributed by atoms with Gasteiger partial charge in [0.25, 0.3) is 5.91 Å². The Morgan fingerprint density at radius 2 is 1.79 bits per heavy atom. The molecule has 1 aliphatic heterocycles. The number of carbonyl (C=O) groups excluding carboxylic acids is 1. The summed E-state index contributed by atoms with van der Waals surface area (Å²) in [7, 11) is 0. The van der Waals surface area contributed by atoms with Crippen LogP contribution in [0.25, 0.3) is 0 Å². The third-order valence-corrected chi connectivity index (χ3v) is 5.15. The fourth-order valence-corrected chi connectivity index (χ4v) is 3.59. The molecule has 0 N–H and O–H groups in total. The summed E-state index contributed by atoms with van der Waals surface area (Å²) in [5.41, 5.74) is 1.62. The van der Waals surface area contributed by atoms with Crippen LogP contribution < -0.4 is 9.64 Å². The lowest BCUT2D eigenvalue weighted by Crippen LogP contribution is -2.49. The molecule has 2 aromatic carbocycles. The molecule has 2 heterocycles. The number of halogens is 1. The van der Waals surface area contributed by atoms with E-state index in [1.165, 1.54) is 0 Å². The van der Waals surface area contributed by atoms with Crippen molar-refractivity contribution in [3.8, 4) is 5.75 Å². The summed E-state index contributed by atoms with van der Waals surface area (Å²) in [4.78, 5) is 21.4. The maximum absolute atomic E-state index is 12.9. The van der Waals surface area contributed by atoms with Gasteiger partial charge in [-0.25, -0.2) is 4.98 Å². The summed E-state index contributed by atoms with van der Waals surface area (Å²) >= 11 is 6.02. The molecule has 1 fully saturated rings. The van der Waals surface area contributed by atoms with Crippen molar-refractivity contribution in [1.29, 1.82) is 0 Å². The molecule has 0 aliphatic carbocycles. The van der Waals surface area contributed by atoms with E-state index in [0.717, 1.165) is 24.5 Å². The molecular formula is C23H22ClN3O2. The number of benzene rings is 2. The quantitative estimate of drug-likeness (QED) is 0.633. The van der Waals surface area contributed by atoms with Crippen LogP contribution in [0.4, 0.5) is 5.82 Å². The Kier molecular flexibility index (Phi) is 5.96. The van der Waals surface area contributed by atoms with Crippen LogP contribution in [0.1, 0.15) is 15.9 Å². The molecule has 1 amide bonds. The van der Waals surface area contributed by atoms with Crippen LogP contribution in [0.5, 0.6) is 5.75 Å². The van der Waals surface area contributed by atoms with Crippen LogP contribution >= 0.6 is 11.6 Å². The third-order valence-electron chi connectivity index (χ3n) is 4.92. The van der Waals surface area contributed by atoms with Crippen LogP contribution in [0.3, 0.4) is 0 Å². The van der Waals surface area contributed by atoms with Gasteiger partial charge in [-0.1, -0.05) is 35.9 Å².